The molecule has 0 fully saturated rings. The van der Waals surface area contributed by atoms with Gasteiger partial charge in [0.15, 0.2) is 6.61 Å². The Kier molecular flexibility index (Phi) is 6.67. The lowest BCUT2D eigenvalue weighted by molar-refractivity contribution is -0.123. The molecule has 0 aliphatic rings. The Morgan fingerprint density at radius 1 is 1.08 bits per heavy atom. The minimum absolute atomic E-state index is 0.150. The molecule has 0 spiro atoms. The quantitative estimate of drug-likeness (QED) is 0.766. The van der Waals surface area contributed by atoms with Crippen molar-refractivity contribution >= 4 is 35.1 Å². The zero-order valence-corrected chi connectivity index (χ0v) is 15.2. The fourth-order valence-corrected chi connectivity index (χ4v) is 2.41. The van der Waals surface area contributed by atoms with Crippen molar-refractivity contribution in [2.45, 2.75) is 13.0 Å². The van der Waals surface area contributed by atoms with Crippen LogP contribution in [0, 0.1) is 0 Å². The smallest absolute Gasteiger partial charge is 0.337 e. The Labute approximate surface area is 155 Å². The van der Waals surface area contributed by atoms with E-state index in [-0.39, 0.29) is 18.6 Å². The monoisotopic (exact) mass is 381 g/mol. The summed E-state index contributed by atoms with van der Waals surface area (Å²) in [5, 5.41) is 3.71. The second-order valence-electron chi connectivity index (χ2n) is 5.27. The van der Waals surface area contributed by atoms with Crippen LogP contribution in [0.25, 0.3) is 0 Å². The van der Waals surface area contributed by atoms with Crippen LogP contribution in [0.1, 0.15) is 28.9 Å². The number of nitrogens with one attached hydrogen (secondary N) is 1. The molecule has 7 heteroatoms. The molecular formula is C18H17Cl2NO4. The first-order valence-corrected chi connectivity index (χ1v) is 8.21. The normalized spacial score (nSPS) is 11.5. The lowest BCUT2D eigenvalue weighted by Crippen LogP contribution is -2.31. The van der Waals surface area contributed by atoms with E-state index in [9.17, 15) is 9.59 Å². The first kappa shape index (κ1) is 19.1. The van der Waals surface area contributed by atoms with Gasteiger partial charge in [0.25, 0.3) is 5.91 Å². The summed E-state index contributed by atoms with van der Waals surface area (Å²) in [4.78, 5) is 23.4. The number of benzene rings is 2. The van der Waals surface area contributed by atoms with Crippen LogP contribution >= 0.6 is 23.2 Å². The fraction of sp³-hybridized carbons (Fsp3) is 0.222. The van der Waals surface area contributed by atoms with E-state index in [1.54, 1.807) is 42.5 Å². The summed E-state index contributed by atoms with van der Waals surface area (Å²) < 4.78 is 10.0. The zero-order chi connectivity index (χ0) is 18.4. The van der Waals surface area contributed by atoms with Gasteiger partial charge in [0.05, 0.1) is 28.8 Å². The molecule has 0 aliphatic heterocycles. The zero-order valence-electron chi connectivity index (χ0n) is 13.7. The van der Waals surface area contributed by atoms with E-state index >= 15 is 0 Å². The summed E-state index contributed by atoms with van der Waals surface area (Å²) in [7, 11) is 1.31. The maximum absolute atomic E-state index is 12.0. The van der Waals surface area contributed by atoms with E-state index in [1.807, 2.05) is 6.92 Å². The van der Waals surface area contributed by atoms with Crippen LogP contribution in [0.2, 0.25) is 10.0 Å². The Bertz CT molecular complexity index is 762. The van der Waals surface area contributed by atoms with E-state index in [2.05, 4.69) is 10.1 Å². The average Bonchev–Trinajstić information content (AvgIpc) is 2.62. The van der Waals surface area contributed by atoms with Crippen molar-refractivity contribution in [3.63, 3.8) is 0 Å². The predicted octanol–water partition coefficient (Wildman–Crippen LogP) is 4.04. The second-order valence-corrected chi connectivity index (χ2v) is 6.08. The van der Waals surface area contributed by atoms with Gasteiger partial charge in [-0.3, -0.25) is 4.79 Å². The Morgan fingerprint density at radius 2 is 1.76 bits per heavy atom. The Morgan fingerprint density at radius 3 is 2.36 bits per heavy atom. The minimum Gasteiger partial charge on any atom is -0.484 e. The van der Waals surface area contributed by atoms with Gasteiger partial charge in [0.1, 0.15) is 5.75 Å². The van der Waals surface area contributed by atoms with E-state index in [1.165, 1.54) is 7.11 Å². The van der Waals surface area contributed by atoms with Crippen LogP contribution in [-0.4, -0.2) is 25.6 Å². The van der Waals surface area contributed by atoms with Crippen molar-refractivity contribution in [1.29, 1.82) is 0 Å². The standard InChI is InChI=1S/C18H17Cl2NO4/c1-11(13-5-8-15(19)16(20)9-13)21-17(22)10-25-14-6-3-12(4-7-14)18(23)24-2/h3-9,11H,10H2,1-2H3,(H,21,22)/t11-/m1/s1. The number of hydrogen-bond acceptors (Lipinski definition) is 4. The fourth-order valence-electron chi connectivity index (χ4n) is 2.10. The molecule has 1 atom stereocenters. The average molecular weight is 382 g/mol. The molecule has 2 aromatic carbocycles. The van der Waals surface area contributed by atoms with Gasteiger partial charge in [-0.05, 0) is 48.9 Å². The molecule has 0 saturated carbocycles. The highest BCUT2D eigenvalue weighted by molar-refractivity contribution is 6.42. The first-order chi connectivity index (χ1) is 11.9. The molecular weight excluding hydrogens is 365 g/mol. The SMILES string of the molecule is COC(=O)c1ccc(OCC(=O)N[C@H](C)c2ccc(Cl)c(Cl)c2)cc1. The molecule has 0 unspecified atom stereocenters. The lowest BCUT2D eigenvalue weighted by atomic mass is 10.1. The van der Waals surface area contributed by atoms with Gasteiger partial charge in [-0.2, -0.15) is 0 Å². The molecule has 0 radical (unpaired) electrons. The molecule has 132 valence electrons. The van der Waals surface area contributed by atoms with Gasteiger partial charge in [-0.1, -0.05) is 29.3 Å². The number of hydrogen-bond donors (Lipinski definition) is 1. The minimum atomic E-state index is -0.431. The van der Waals surface area contributed by atoms with Gasteiger partial charge in [-0.25, -0.2) is 4.79 Å². The number of carbonyl (C=O) groups is 2. The first-order valence-electron chi connectivity index (χ1n) is 7.46. The number of rotatable bonds is 6. The van der Waals surface area contributed by atoms with Crippen molar-refractivity contribution < 1.29 is 19.1 Å². The van der Waals surface area contributed by atoms with Gasteiger partial charge >= 0.3 is 5.97 Å². The van der Waals surface area contributed by atoms with Crippen LogP contribution in [0.3, 0.4) is 0 Å². The predicted molar refractivity (Wildman–Crippen MR) is 96.3 cm³/mol. The third kappa shape index (κ3) is 5.37. The van der Waals surface area contributed by atoms with Crippen molar-refractivity contribution in [2.75, 3.05) is 13.7 Å². The molecule has 1 N–H and O–H groups in total. The summed E-state index contributed by atoms with van der Waals surface area (Å²) in [6, 6.07) is 11.3. The number of halogens is 2. The van der Waals surface area contributed by atoms with E-state index in [0.29, 0.717) is 21.4 Å². The molecule has 5 nitrogen and oxygen atoms in total. The maximum atomic E-state index is 12.0. The van der Waals surface area contributed by atoms with Gasteiger partial charge in [0, 0.05) is 0 Å². The third-order valence-electron chi connectivity index (χ3n) is 3.47. The van der Waals surface area contributed by atoms with Gasteiger partial charge in [0.2, 0.25) is 0 Å². The van der Waals surface area contributed by atoms with Crippen molar-refractivity contribution in [3.05, 3.63) is 63.6 Å². The van der Waals surface area contributed by atoms with Crippen molar-refractivity contribution in [1.82, 2.24) is 5.32 Å². The van der Waals surface area contributed by atoms with E-state index in [4.69, 9.17) is 27.9 Å². The van der Waals surface area contributed by atoms with E-state index < -0.39 is 5.97 Å². The largest absolute Gasteiger partial charge is 0.484 e. The number of methoxy groups -OCH3 is 1. The van der Waals surface area contributed by atoms with Crippen LogP contribution in [0.4, 0.5) is 0 Å². The molecule has 0 aromatic heterocycles. The highest BCUT2D eigenvalue weighted by atomic mass is 35.5. The van der Waals surface area contributed by atoms with Crippen LogP contribution < -0.4 is 10.1 Å². The molecule has 0 aliphatic carbocycles. The summed E-state index contributed by atoms with van der Waals surface area (Å²) >= 11 is 11.9. The summed E-state index contributed by atoms with van der Waals surface area (Å²) in [5.41, 5.74) is 1.25. The summed E-state index contributed by atoms with van der Waals surface area (Å²) in [6.45, 7) is 1.69. The van der Waals surface area contributed by atoms with Gasteiger partial charge in [-0.15, -0.1) is 0 Å². The van der Waals surface area contributed by atoms with E-state index in [0.717, 1.165) is 5.56 Å². The molecule has 0 bridgehead atoms. The topological polar surface area (TPSA) is 64.6 Å². The Hall–Kier alpha value is -2.24. The number of ether oxygens (including phenoxy) is 2. The number of esters is 1. The van der Waals surface area contributed by atoms with Crippen molar-refractivity contribution in [3.8, 4) is 5.75 Å². The Balaban J connectivity index is 1.87. The molecule has 25 heavy (non-hydrogen) atoms. The molecule has 1 amide bonds. The molecule has 0 heterocycles. The third-order valence-corrected chi connectivity index (χ3v) is 4.21. The van der Waals surface area contributed by atoms with Crippen LogP contribution in [0.15, 0.2) is 42.5 Å². The van der Waals surface area contributed by atoms with Crippen LogP contribution in [0.5, 0.6) is 5.75 Å². The van der Waals surface area contributed by atoms with Gasteiger partial charge < -0.3 is 14.8 Å². The number of amides is 1. The highest BCUT2D eigenvalue weighted by Crippen LogP contribution is 2.25. The lowest BCUT2D eigenvalue weighted by Gasteiger charge is -2.15. The highest BCUT2D eigenvalue weighted by Gasteiger charge is 2.12. The molecule has 2 aromatic rings. The second kappa shape index (κ2) is 8.74. The maximum Gasteiger partial charge on any atom is 0.337 e. The van der Waals surface area contributed by atoms with Crippen LogP contribution in [-0.2, 0) is 9.53 Å². The molecule has 0 saturated heterocycles. The number of carbonyl (C=O) groups excluding carboxylic acids is 2. The summed E-state index contributed by atoms with van der Waals surface area (Å²) in [5.74, 6) is -0.236. The molecule has 2 rings (SSSR count). The summed E-state index contributed by atoms with van der Waals surface area (Å²) in [6.07, 6.45) is 0. The van der Waals surface area contributed by atoms with Crippen molar-refractivity contribution in [2.24, 2.45) is 0 Å².